The van der Waals surface area contributed by atoms with Crippen molar-refractivity contribution in [1.29, 1.82) is 0 Å². The van der Waals surface area contributed by atoms with Gasteiger partial charge in [-0.05, 0) is 30.7 Å². The first-order valence-electron chi connectivity index (χ1n) is 10.4. The number of hydrogen-bond donors (Lipinski definition) is 2. The number of aryl methyl sites for hydroxylation is 1. The molecule has 0 unspecified atom stereocenters. The number of aromatic nitrogens is 2. The van der Waals surface area contributed by atoms with Gasteiger partial charge in [0.1, 0.15) is 5.25 Å². The van der Waals surface area contributed by atoms with Crippen LogP contribution in [0.5, 0.6) is 0 Å². The number of thioether (sulfide) groups is 1. The molecule has 0 aliphatic heterocycles. The molecule has 166 valence electrons. The van der Waals surface area contributed by atoms with E-state index in [0.717, 1.165) is 10.5 Å². The van der Waals surface area contributed by atoms with Crippen LogP contribution < -0.4 is 16.4 Å². The number of hydrogen-bond acceptors (Lipinski definition) is 5. The molecule has 2 amide bonds. The van der Waals surface area contributed by atoms with Crippen LogP contribution in [0.2, 0.25) is 0 Å². The molecule has 4 rings (SSSR count). The van der Waals surface area contributed by atoms with E-state index >= 15 is 0 Å². The average Bonchev–Trinajstić information content (AvgIpc) is 2.87. The van der Waals surface area contributed by atoms with Crippen molar-refractivity contribution in [2.75, 3.05) is 0 Å². The molecule has 7 nitrogen and oxygen atoms in total. The maximum absolute atomic E-state index is 13.1. The van der Waals surface area contributed by atoms with Crippen LogP contribution in [-0.4, -0.2) is 21.6 Å². The summed E-state index contributed by atoms with van der Waals surface area (Å²) in [6, 6.07) is 25.7. The Kier molecular flexibility index (Phi) is 6.85. The molecule has 1 heterocycles. The van der Waals surface area contributed by atoms with Crippen LogP contribution >= 0.6 is 11.8 Å². The van der Waals surface area contributed by atoms with E-state index in [1.54, 1.807) is 31.2 Å². The van der Waals surface area contributed by atoms with Gasteiger partial charge in [0.05, 0.1) is 5.39 Å². The van der Waals surface area contributed by atoms with Gasteiger partial charge in [0.15, 0.2) is 5.69 Å². The first-order chi connectivity index (χ1) is 16.1. The lowest BCUT2D eigenvalue weighted by Gasteiger charge is -2.17. The van der Waals surface area contributed by atoms with Crippen LogP contribution in [0.4, 0.5) is 0 Å². The van der Waals surface area contributed by atoms with Gasteiger partial charge in [0.25, 0.3) is 17.4 Å². The summed E-state index contributed by atoms with van der Waals surface area (Å²) in [7, 11) is 0. The van der Waals surface area contributed by atoms with Gasteiger partial charge >= 0.3 is 0 Å². The fourth-order valence-corrected chi connectivity index (χ4v) is 4.44. The summed E-state index contributed by atoms with van der Waals surface area (Å²) in [5, 5.41) is 4.45. The molecule has 33 heavy (non-hydrogen) atoms. The van der Waals surface area contributed by atoms with Crippen molar-refractivity contribution in [3.05, 3.63) is 107 Å². The quantitative estimate of drug-likeness (QED) is 0.339. The zero-order valence-corrected chi connectivity index (χ0v) is 18.7. The molecule has 0 saturated heterocycles. The van der Waals surface area contributed by atoms with E-state index in [1.165, 1.54) is 16.4 Å². The number of nitrogens with zero attached hydrogens (tertiary/aromatic N) is 2. The number of fused-ring (bicyclic) bond motifs is 1. The van der Waals surface area contributed by atoms with Crippen molar-refractivity contribution in [2.24, 2.45) is 0 Å². The second kappa shape index (κ2) is 10.1. The number of benzene rings is 3. The number of amides is 2. The van der Waals surface area contributed by atoms with Gasteiger partial charge in [-0.15, -0.1) is 11.8 Å². The van der Waals surface area contributed by atoms with Crippen LogP contribution in [0, 0.1) is 0 Å². The Bertz CT molecular complexity index is 1340. The average molecular weight is 459 g/mol. The monoisotopic (exact) mass is 458 g/mol. The van der Waals surface area contributed by atoms with Crippen LogP contribution in [0.3, 0.4) is 0 Å². The van der Waals surface area contributed by atoms with E-state index in [0.29, 0.717) is 17.3 Å². The topological polar surface area (TPSA) is 93.1 Å². The summed E-state index contributed by atoms with van der Waals surface area (Å²) in [5.74, 6) is -0.977. The molecule has 0 spiro atoms. The molecule has 1 atom stereocenters. The van der Waals surface area contributed by atoms with E-state index in [1.807, 2.05) is 60.7 Å². The minimum absolute atomic E-state index is 0.0688. The Morgan fingerprint density at radius 1 is 0.879 bits per heavy atom. The number of nitrogens with one attached hydrogen (secondary N) is 2. The van der Waals surface area contributed by atoms with Crippen molar-refractivity contribution in [1.82, 2.24) is 20.6 Å². The largest absolute Gasteiger partial charge is 0.290 e. The van der Waals surface area contributed by atoms with E-state index < -0.39 is 11.2 Å². The molecule has 8 heteroatoms. The van der Waals surface area contributed by atoms with Gasteiger partial charge in [-0.3, -0.25) is 25.2 Å². The third-order valence-corrected chi connectivity index (χ3v) is 6.29. The molecule has 3 aromatic carbocycles. The van der Waals surface area contributed by atoms with Crippen molar-refractivity contribution in [3.8, 4) is 0 Å². The molecular weight excluding hydrogens is 436 g/mol. The van der Waals surface area contributed by atoms with Gasteiger partial charge in [0, 0.05) is 16.8 Å². The molecule has 4 aromatic rings. The van der Waals surface area contributed by atoms with E-state index in [9.17, 15) is 14.4 Å². The number of carbonyl (C=O) groups excluding carboxylic acids is 2. The predicted molar refractivity (Wildman–Crippen MR) is 129 cm³/mol. The summed E-state index contributed by atoms with van der Waals surface area (Å²) >= 11 is 1.38. The van der Waals surface area contributed by atoms with Crippen LogP contribution in [0.1, 0.15) is 28.2 Å². The molecule has 0 aliphatic carbocycles. The summed E-state index contributed by atoms with van der Waals surface area (Å²) in [4.78, 5) is 39.5. The highest BCUT2D eigenvalue weighted by Crippen LogP contribution is 2.35. The lowest BCUT2D eigenvalue weighted by atomic mass is 10.1. The summed E-state index contributed by atoms with van der Waals surface area (Å²) in [5.41, 5.74) is 5.61. The molecule has 0 fully saturated rings. The fourth-order valence-electron chi connectivity index (χ4n) is 3.40. The van der Waals surface area contributed by atoms with Crippen LogP contribution in [0.25, 0.3) is 10.8 Å². The van der Waals surface area contributed by atoms with E-state index in [-0.39, 0.29) is 17.2 Å². The summed E-state index contributed by atoms with van der Waals surface area (Å²) in [6.45, 7) is 2.10. The van der Waals surface area contributed by atoms with Crippen molar-refractivity contribution < 1.29 is 9.59 Å². The maximum atomic E-state index is 13.1. The zero-order chi connectivity index (χ0) is 23.2. The Labute approximate surface area is 194 Å². The van der Waals surface area contributed by atoms with Gasteiger partial charge in [0.2, 0.25) is 0 Å². The smallest absolute Gasteiger partial charge is 0.272 e. The Balaban J connectivity index is 1.57. The summed E-state index contributed by atoms with van der Waals surface area (Å²) in [6.07, 6.45) is 0. The number of hydrazine groups is 1. The van der Waals surface area contributed by atoms with Gasteiger partial charge in [-0.1, -0.05) is 66.7 Å². The predicted octanol–water partition coefficient (Wildman–Crippen LogP) is 3.71. The van der Waals surface area contributed by atoms with E-state index in [2.05, 4.69) is 16.0 Å². The highest BCUT2D eigenvalue weighted by molar-refractivity contribution is 8.00. The van der Waals surface area contributed by atoms with Crippen molar-refractivity contribution in [3.63, 3.8) is 0 Å². The first kappa shape index (κ1) is 22.3. The first-order valence-corrected chi connectivity index (χ1v) is 11.3. The Hall–Kier alpha value is -3.91. The fraction of sp³-hybridized carbons (Fsp3) is 0.120. The van der Waals surface area contributed by atoms with Gasteiger partial charge in [-0.25, -0.2) is 4.68 Å². The lowest BCUT2D eigenvalue weighted by molar-refractivity contribution is -0.121. The second-order valence-corrected chi connectivity index (χ2v) is 8.36. The molecular formula is C25H22N4O3S. The molecule has 0 bridgehead atoms. The van der Waals surface area contributed by atoms with Crippen LogP contribution in [0.15, 0.2) is 94.6 Å². The van der Waals surface area contributed by atoms with Crippen LogP contribution in [-0.2, 0) is 11.3 Å². The van der Waals surface area contributed by atoms with E-state index in [4.69, 9.17) is 0 Å². The maximum Gasteiger partial charge on any atom is 0.290 e. The number of carbonyl (C=O) groups is 2. The van der Waals surface area contributed by atoms with Gasteiger partial charge in [-0.2, -0.15) is 5.10 Å². The van der Waals surface area contributed by atoms with Crippen molar-refractivity contribution in [2.45, 2.75) is 23.6 Å². The van der Waals surface area contributed by atoms with Gasteiger partial charge < -0.3 is 0 Å². The standard InChI is InChI=1S/C25H22N4O3S/c1-2-29-25(32)20-16-10-9-15-19(20)21(28-29)23(30)26-27-24(31)22(17-11-5-3-6-12-17)33-18-13-7-4-8-14-18/h3-16,22H,2H2,1H3,(H,26,30)(H,27,31)/t22-/m0/s1. The third-order valence-electron chi connectivity index (χ3n) is 5.02. The minimum Gasteiger partial charge on any atom is -0.272 e. The zero-order valence-electron chi connectivity index (χ0n) is 17.9. The highest BCUT2D eigenvalue weighted by atomic mass is 32.2. The Morgan fingerprint density at radius 2 is 1.48 bits per heavy atom. The summed E-state index contributed by atoms with van der Waals surface area (Å²) < 4.78 is 1.23. The third kappa shape index (κ3) is 4.96. The Morgan fingerprint density at radius 3 is 2.15 bits per heavy atom. The molecule has 2 N–H and O–H groups in total. The normalized spacial score (nSPS) is 11.7. The molecule has 0 saturated carbocycles. The molecule has 0 aliphatic rings. The SMILES string of the molecule is CCn1nc(C(=O)NNC(=O)[C@@H](Sc2ccccc2)c2ccccc2)c2ccccc2c1=O. The minimum atomic E-state index is -0.599. The highest BCUT2D eigenvalue weighted by Gasteiger charge is 2.23. The number of rotatable bonds is 6. The second-order valence-electron chi connectivity index (χ2n) is 7.18. The molecule has 1 aromatic heterocycles. The lowest BCUT2D eigenvalue weighted by Crippen LogP contribution is -2.44. The van der Waals surface area contributed by atoms with Crippen molar-refractivity contribution >= 4 is 34.3 Å². The molecule has 0 radical (unpaired) electrons.